The van der Waals surface area contributed by atoms with E-state index in [0.717, 1.165) is 16.2 Å². The van der Waals surface area contributed by atoms with Gasteiger partial charge in [-0.2, -0.15) is 18.4 Å². The first-order valence-electron chi connectivity index (χ1n) is 8.68. The van der Waals surface area contributed by atoms with Gasteiger partial charge in [-0.15, -0.1) is 0 Å². The minimum absolute atomic E-state index is 0.0238. The predicted molar refractivity (Wildman–Crippen MR) is 106 cm³/mol. The Morgan fingerprint density at radius 1 is 0.714 bits per heavy atom. The summed E-state index contributed by atoms with van der Waals surface area (Å²) in [6, 6.07) is 25.8. The van der Waals surface area contributed by atoms with Crippen LogP contribution in [0.2, 0.25) is 0 Å². The molecule has 0 N–H and O–H groups in total. The molecule has 4 aromatic carbocycles. The van der Waals surface area contributed by atoms with Crippen LogP contribution in [0.25, 0.3) is 32.7 Å². The smallest absolute Gasteiger partial charge is 0.192 e. The first-order valence-corrected chi connectivity index (χ1v) is 8.68. The molecule has 0 spiro atoms. The summed E-state index contributed by atoms with van der Waals surface area (Å²) in [6.07, 6.45) is -4.66. The van der Waals surface area contributed by atoms with Crippen molar-refractivity contribution in [3.05, 3.63) is 96.1 Å². The van der Waals surface area contributed by atoms with Crippen LogP contribution in [-0.4, -0.2) is 6.18 Å². The molecule has 0 atom stereocenters. The highest BCUT2D eigenvalue weighted by Gasteiger charge is 2.38. The minimum atomic E-state index is -4.66. The Kier molecular flexibility index (Phi) is 4.37. The van der Waals surface area contributed by atoms with Gasteiger partial charge in [0, 0.05) is 5.56 Å². The van der Waals surface area contributed by atoms with E-state index < -0.39 is 11.7 Å². The Bertz CT molecular complexity index is 1250. The lowest BCUT2D eigenvalue weighted by molar-refractivity contribution is -0.0684. The van der Waals surface area contributed by atoms with E-state index >= 15 is 0 Å². The van der Waals surface area contributed by atoms with Crippen molar-refractivity contribution in [1.82, 2.24) is 0 Å². The summed E-state index contributed by atoms with van der Waals surface area (Å²) in [5.74, 6) is 0. The first kappa shape index (κ1) is 17.8. The van der Waals surface area contributed by atoms with Crippen molar-refractivity contribution < 1.29 is 13.2 Å². The standard InChI is InChI=1S/C24H14F3N/c25-24(26,27)23(16-7-2-1-3-8-16)22(15-28)20-12-6-11-19-13-17-9-4-5-10-18(17)14-21(19)20/h1-14H. The molecule has 0 amide bonds. The van der Waals surface area contributed by atoms with E-state index in [2.05, 4.69) is 0 Å². The third-order valence-electron chi connectivity index (χ3n) is 4.72. The van der Waals surface area contributed by atoms with Crippen LogP contribution in [-0.2, 0) is 0 Å². The number of alkyl halides is 3. The molecule has 0 saturated heterocycles. The molecule has 0 heterocycles. The highest BCUT2D eigenvalue weighted by Crippen LogP contribution is 2.41. The first-order chi connectivity index (χ1) is 13.5. The highest BCUT2D eigenvalue weighted by molar-refractivity contribution is 6.09. The number of nitriles is 1. The molecule has 0 fully saturated rings. The maximum Gasteiger partial charge on any atom is 0.418 e. The van der Waals surface area contributed by atoms with Crippen molar-refractivity contribution in [3.8, 4) is 6.07 Å². The maximum atomic E-state index is 14.0. The number of fused-ring (bicyclic) bond motifs is 2. The number of nitrogens with zero attached hydrogens (tertiary/aromatic N) is 1. The second-order valence-electron chi connectivity index (χ2n) is 6.45. The van der Waals surface area contributed by atoms with Gasteiger partial charge >= 0.3 is 6.18 Å². The molecule has 0 bridgehead atoms. The molecular weight excluding hydrogens is 359 g/mol. The summed E-state index contributed by atoms with van der Waals surface area (Å²) >= 11 is 0. The van der Waals surface area contributed by atoms with Crippen molar-refractivity contribution in [1.29, 1.82) is 5.26 Å². The van der Waals surface area contributed by atoms with Crippen molar-refractivity contribution in [2.75, 3.05) is 0 Å². The molecule has 28 heavy (non-hydrogen) atoms. The van der Waals surface area contributed by atoms with Crippen LogP contribution < -0.4 is 0 Å². The fraction of sp³-hybridized carbons (Fsp3) is 0.0417. The zero-order chi connectivity index (χ0) is 19.7. The van der Waals surface area contributed by atoms with Crippen LogP contribution in [0.15, 0.2) is 84.9 Å². The molecule has 1 nitrogen and oxygen atoms in total. The fourth-order valence-corrected chi connectivity index (χ4v) is 3.49. The molecule has 0 aliphatic rings. The molecule has 0 unspecified atom stereocenters. The monoisotopic (exact) mass is 373 g/mol. The van der Waals surface area contributed by atoms with Gasteiger partial charge in [-0.05, 0) is 39.2 Å². The predicted octanol–water partition coefficient (Wildman–Crippen LogP) is 6.99. The third kappa shape index (κ3) is 3.12. The number of hydrogen-bond acceptors (Lipinski definition) is 1. The van der Waals surface area contributed by atoms with E-state index in [1.165, 1.54) is 24.3 Å². The van der Waals surface area contributed by atoms with Gasteiger partial charge < -0.3 is 0 Å². The summed E-state index contributed by atoms with van der Waals surface area (Å²) < 4.78 is 41.9. The second-order valence-corrected chi connectivity index (χ2v) is 6.45. The number of rotatable bonds is 2. The maximum absolute atomic E-state index is 14.0. The van der Waals surface area contributed by atoms with Gasteiger partial charge in [0.15, 0.2) is 0 Å². The van der Waals surface area contributed by atoms with Crippen molar-refractivity contribution in [2.24, 2.45) is 0 Å². The number of hydrogen-bond donors (Lipinski definition) is 0. The lowest BCUT2D eigenvalue weighted by atomic mass is 9.90. The van der Waals surface area contributed by atoms with Gasteiger partial charge in [0.05, 0.1) is 11.1 Å². The van der Waals surface area contributed by atoms with E-state index in [4.69, 9.17) is 0 Å². The Hall–Kier alpha value is -3.58. The number of allylic oxidation sites excluding steroid dienone is 2. The largest absolute Gasteiger partial charge is 0.418 e. The summed E-state index contributed by atoms with van der Waals surface area (Å²) in [5.41, 5.74) is -1.04. The van der Waals surface area contributed by atoms with Gasteiger partial charge in [-0.25, -0.2) is 0 Å². The summed E-state index contributed by atoms with van der Waals surface area (Å²) in [5, 5.41) is 13.1. The van der Waals surface area contributed by atoms with Gasteiger partial charge in [-0.1, -0.05) is 72.8 Å². The van der Waals surface area contributed by atoms with Crippen molar-refractivity contribution in [2.45, 2.75) is 6.18 Å². The molecular formula is C24H14F3N. The fourth-order valence-electron chi connectivity index (χ4n) is 3.49. The van der Waals surface area contributed by atoms with Crippen LogP contribution in [0.5, 0.6) is 0 Å². The van der Waals surface area contributed by atoms with E-state index in [-0.39, 0.29) is 16.7 Å². The van der Waals surface area contributed by atoms with E-state index in [9.17, 15) is 18.4 Å². The molecule has 0 aliphatic carbocycles. The topological polar surface area (TPSA) is 23.8 Å². The Morgan fingerprint density at radius 3 is 1.96 bits per heavy atom. The van der Waals surface area contributed by atoms with Crippen LogP contribution in [0.1, 0.15) is 11.1 Å². The van der Waals surface area contributed by atoms with E-state index in [1.807, 2.05) is 48.5 Å². The van der Waals surface area contributed by atoms with E-state index in [0.29, 0.717) is 5.39 Å². The third-order valence-corrected chi connectivity index (χ3v) is 4.72. The molecule has 4 aromatic rings. The summed E-state index contributed by atoms with van der Waals surface area (Å²) in [4.78, 5) is 0. The average molecular weight is 373 g/mol. The van der Waals surface area contributed by atoms with Gasteiger partial charge in [-0.3, -0.25) is 0 Å². The lowest BCUT2D eigenvalue weighted by Gasteiger charge is -2.16. The lowest BCUT2D eigenvalue weighted by Crippen LogP contribution is -2.13. The molecule has 0 aromatic heterocycles. The quantitative estimate of drug-likeness (QED) is 0.211. The summed E-state index contributed by atoms with van der Waals surface area (Å²) in [7, 11) is 0. The van der Waals surface area contributed by atoms with Crippen LogP contribution in [0.3, 0.4) is 0 Å². The Morgan fingerprint density at radius 2 is 1.32 bits per heavy atom. The molecule has 0 aliphatic heterocycles. The molecule has 4 rings (SSSR count). The average Bonchev–Trinajstić information content (AvgIpc) is 2.69. The zero-order valence-corrected chi connectivity index (χ0v) is 14.7. The van der Waals surface area contributed by atoms with Crippen molar-refractivity contribution in [3.63, 3.8) is 0 Å². The van der Waals surface area contributed by atoms with Crippen LogP contribution in [0, 0.1) is 11.3 Å². The number of halogens is 3. The van der Waals surface area contributed by atoms with E-state index in [1.54, 1.807) is 18.2 Å². The van der Waals surface area contributed by atoms with Gasteiger partial charge in [0.25, 0.3) is 0 Å². The molecule has 136 valence electrons. The minimum Gasteiger partial charge on any atom is -0.192 e. The Labute approximate surface area is 160 Å². The molecule has 0 radical (unpaired) electrons. The summed E-state index contributed by atoms with van der Waals surface area (Å²) in [6.45, 7) is 0. The zero-order valence-electron chi connectivity index (χ0n) is 14.7. The second kappa shape index (κ2) is 6.86. The van der Waals surface area contributed by atoms with Gasteiger partial charge in [0.1, 0.15) is 6.07 Å². The Balaban J connectivity index is 2.09. The highest BCUT2D eigenvalue weighted by atomic mass is 19.4. The number of benzene rings is 4. The van der Waals surface area contributed by atoms with Crippen LogP contribution >= 0.6 is 0 Å². The normalized spacial score (nSPS) is 12.6. The van der Waals surface area contributed by atoms with Crippen LogP contribution in [0.4, 0.5) is 13.2 Å². The van der Waals surface area contributed by atoms with Crippen molar-refractivity contribution >= 4 is 32.7 Å². The van der Waals surface area contributed by atoms with Gasteiger partial charge in [0.2, 0.25) is 0 Å². The SMILES string of the molecule is N#CC(=C(c1ccccc1)C(F)(F)F)c1cccc2cc3ccccc3cc12. The molecule has 0 saturated carbocycles. The molecule has 4 heteroatoms.